The molecule has 7 heteroatoms. The van der Waals surface area contributed by atoms with Crippen molar-refractivity contribution in [3.63, 3.8) is 0 Å². The Hall–Kier alpha value is -4.80. The minimum atomic E-state index is -0.545. The van der Waals surface area contributed by atoms with Gasteiger partial charge in [0.05, 0.1) is 23.0 Å². The first-order chi connectivity index (χ1) is 17.9. The molecular weight excluding hydrogens is 482 g/mol. The highest BCUT2D eigenvalue weighted by Gasteiger charge is 2.41. The molecule has 1 aliphatic rings. The smallest absolute Gasteiger partial charge is 0.270 e. The van der Waals surface area contributed by atoms with E-state index in [2.05, 4.69) is 6.07 Å². The third-order valence-corrected chi connectivity index (χ3v) is 6.60. The summed E-state index contributed by atoms with van der Waals surface area (Å²) in [5.41, 5.74) is 4.18. The lowest BCUT2D eigenvalue weighted by Crippen LogP contribution is -2.57. The maximum atomic E-state index is 13.7. The fraction of sp³-hybridized carbons (Fsp3) is 0.0667. The lowest BCUT2D eigenvalue weighted by molar-refractivity contribution is -0.120. The molecule has 0 saturated carbocycles. The number of thiocarbonyl (C=S) groups is 1. The predicted molar refractivity (Wildman–Crippen MR) is 147 cm³/mol. The predicted octanol–water partition coefficient (Wildman–Crippen LogP) is 6.18. The van der Waals surface area contributed by atoms with Crippen LogP contribution in [0.4, 0.5) is 11.4 Å². The molecule has 180 valence electrons. The van der Waals surface area contributed by atoms with E-state index in [0.29, 0.717) is 34.0 Å². The van der Waals surface area contributed by atoms with Crippen LogP contribution in [-0.4, -0.2) is 16.9 Å². The summed E-state index contributed by atoms with van der Waals surface area (Å²) < 4.78 is 5.95. The van der Waals surface area contributed by atoms with Crippen molar-refractivity contribution < 1.29 is 14.0 Å². The van der Waals surface area contributed by atoms with Crippen LogP contribution >= 0.6 is 12.2 Å². The lowest BCUT2D eigenvalue weighted by Gasteiger charge is -2.36. The number of benzene rings is 3. The van der Waals surface area contributed by atoms with Crippen LogP contribution in [0.3, 0.4) is 0 Å². The summed E-state index contributed by atoms with van der Waals surface area (Å²) in [6.07, 6.45) is 1.43. The fourth-order valence-electron chi connectivity index (χ4n) is 4.14. The number of nitriles is 1. The van der Waals surface area contributed by atoms with Crippen molar-refractivity contribution in [2.75, 3.05) is 9.80 Å². The van der Waals surface area contributed by atoms with Gasteiger partial charge in [0, 0.05) is 5.56 Å². The number of aryl methyl sites for hydroxylation is 2. The summed E-state index contributed by atoms with van der Waals surface area (Å²) >= 11 is 5.69. The average Bonchev–Trinajstić information content (AvgIpc) is 3.38. The van der Waals surface area contributed by atoms with E-state index in [1.54, 1.807) is 54.6 Å². The standard InChI is InChI=1S/C30H21N3O3S/c1-19-12-13-23(16-20(19)2)33-29(35)26(28(34)32(30(33)37)22-9-4-3-5-10-22)17-24-14-15-27(36-24)25-11-7-6-8-21(25)18-31/h3-17H,1-2H3/b26-17-. The van der Waals surface area contributed by atoms with E-state index in [1.165, 1.54) is 15.9 Å². The zero-order chi connectivity index (χ0) is 26.1. The van der Waals surface area contributed by atoms with Crippen LogP contribution in [-0.2, 0) is 9.59 Å². The van der Waals surface area contributed by atoms with Gasteiger partial charge in [0.25, 0.3) is 11.8 Å². The summed E-state index contributed by atoms with van der Waals surface area (Å²) in [5, 5.41) is 9.51. The molecule has 2 amide bonds. The van der Waals surface area contributed by atoms with Gasteiger partial charge in [0.2, 0.25) is 0 Å². The van der Waals surface area contributed by atoms with Crippen molar-refractivity contribution in [2.24, 2.45) is 0 Å². The molecule has 4 aromatic rings. The van der Waals surface area contributed by atoms with Gasteiger partial charge in [-0.3, -0.25) is 19.4 Å². The largest absolute Gasteiger partial charge is 0.457 e. The van der Waals surface area contributed by atoms with E-state index in [-0.39, 0.29) is 10.7 Å². The number of hydrogen-bond acceptors (Lipinski definition) is 5. The SMILES string of the molecule is Cc1ccc(N2C(=O)/C(=C\c3ccc(-c4ccccc4C#N)o3)C(=O)N(c3ccccc3)C2=S)cc1C. The molecule has 0 spiro atoms. The Balaban J connectivity index is 1.62. The summed E-state index contributed by atoms with van der Waals surface area (Å²) in [4.78, 5) is 30.1. The normalized spacial score (nSPS) is 14.8. The number of nitrogens with zero attached hydrogens (tertiary/aromatic N) is 3. The van der Waals surface area contributed by atoms with Gasteiger partial charge in [-0.05, 0) is 91.8 Å². The second kappa shape index (κ2) is 9.69. The molecular formula is C30H21N3O3S. The minimum absolute atomic E-state index is 0.0738. The lowest BCUT2D eigenvalue weighted by atomic mass is 10.1. The van der Waals surface area contributed by atoms with Crippen LogP contribution in [0, 0.1) is 25.2 Å². The van der Waals surface area contributed by atoms with Gasteiger partial charge in [-0.15, -0.1) is 0 Å². The van der Waals surface area contributed by atoms with Crippen molar-refractivity contribution in [1.29, 1.82) is 5.26 Å². The maximum absolute atomic E-state index is 13.7. The number of rotatable bonds is 4. The van der Waals surface area contributed by atoms with Crippen molar-refractivity contribution in [2.45, 2.75) is 13.8 Å². The van der Waals surface area contributed by atoms with Crippen LogP contribution in [0.15, 0.2) is 94.9 Å². The van der Waals surface area contributed by atoms with Gasteiger partial charge >= 0.3 is 0 Å². The monoisotopic (exact) mass is 503 g/mol. The number of furan rings is 1. The highest BCUT2D eigenvalue weighted by atomic mass is 32.1. The Morgan fingerprint density at radius 1 is 0.811 bits per heavy atom. The number of carbonyl (C=O) groups excluding carboxylic acids is 2. The molecule has 0 aliphatic carbocycles. The first kappa shape index (κ1) is 23.9. The highest BCUT2D eigenvalue weighted by molar-refractivity contribution is 7.81. The fourth-order valence-corrected chi connectivity index (χ4v) is 4.52. The Morgan fingerprint density at radius 2 is 1.49 bits per heavy atom. The van der Waals surface area contributed by atoms with Crippen LogP contribution < -0.4 is 9.80 Å². The summed E-state index contributed by atoms with van der Waals surface area (Å²) in [5.74, 6) is -0.320. The van der Waals surface area contributed by atoms with Crippen molar-refractivity contribution in [3.05, 3.63) is 113 Å². The Morgan fingerprint density at radius 3 is 2.19 bits per heavy atom. The molecule has 0 atom stereocenters. The molecule has 1 aromatic heterocycles. The first-order valence-electron chi connectivity index (χ1n) is 11.5. The quantitative estimate of drug-likeness (QED) is 0.189. The van der Waals surface area contributed by atoms with Gasteiger partial charge in [0.1, 0.15) is 17.1 Å². The van der Waals surface area contributed by atoms with Crippen LogP contribution in [0.2, 0.25) is 0 Å². The molecule has 1 fully saturated rings. The van der Waals surface area contributed by atoms with Crippen molar-refractivity contribution in [3.8, 4) is 17.4 Å². The van der Waals surface area contributed by atoms with Crippen LogP contribution in [0.5, 0.6) is 0 Å². The number of para-hydroxylation sites is 1. The van der Waals surface area contributed by atoms with Crippen LogP contribution in [0.1, 0.15) is 22.5 Å². The van der Waals surface area contributed by atoms with Crippen LogP contribution in [0.25, 0.3) is 17.4 Å². The Labute approximate surface area is 219 Å². The van der Waals surface area contributed by atoms with Crippen molar-refractivity contribution in [1.82, 2.24) is 0 Å². The van der Waals surface area contributed by atoms with Gasteiger partial charge in [0.15, 0.2) is 5.11 Å². The number of hydrogen-bond donors (Lipinski definition) is 0. The summed E-state index contributed by atoms with van der Waals surface area (Å²) in [6, 6.07) is 27.2. The van der Waals surface area contributed by atoms with E-state index in [4.69, 9.17) is 16.6 Å². The molecule has 6 nitrogen and oxygen atoms in total. The molecule has 0 radical (unpaired) electrons. The van der Waals surface area contributed by atoms with Crippen molar-refractivity contribution >= 4 is 46.6 Å². The second-order valence-electron chi connectivity index (χ2n) is 8.59. The average molecular weight is 504 g/mol. The molecule has 3 aromatic carbocycles. The van der Waals surface area contributed by atoms with E-state index in [1.807, 2.05) is 44.2 Å². The number of amides is 2. The molecule has 0 N–H and O–H groups in total. The Kier molecular flexibility index (Phi) is 6.26. The molecule has 0 bridgehead atoms. The van der Waals surface area contributed by atoms with E-state index in [0.717, 1.165) is 11.1 Å². The first-order valence-corrected chi connectivity index (χ1v) is 12.0. The molecule has 1 saturated heterocycles. The van der Waals surface area contributed by atoms with Gasteiger partial charge in [-0.25, -0.2) is 0 Å². The van der Waals surface area contributed by atoms with Gasteiger partial charge < -0.3 is 4.42 Å². The maximum Gasteiger partial charge on any atom is 0.270 e. The van der Waals surface area contributed by atoms with E-state index in [9.17, 15) is 14.9 Å². The molecule has 1 aliphatic heterocycles. The highest BCUT2D eigenvalue weighted by Crippen LogP contribution is 2.32. The van der Waals surface area contributed by atoms with Gasteiger partial charge in [-0.2, -0.15) is 5.26 Å². The molecule has 2 heterocycles. The minimum Gasteiger partial charge on any atom is -0.457 e. The van der Waals surface area contributed by atoms with Gasteiger partial charge in [-0.1, -0.05) is 36.4 Å². The van der Waals surface area contributed by atoms with E-state index >= 15 is 0 Å². The van der Waals surface area contributed by atoms with E-state index < -0.39 is 11.8 Å². The summed E-state index contributed by atoms with van der Waals surface area (Å²) in [6.45, 7) is 3.94. The zero-order valence-electron chi connectivity index (χ0n) is 20.1. The number of anilines is 2. The zero-order valence-corrected chi connectivity index (χ0v) is 21.0. The molecule has 5 rings (SSSR count). The third kappa shape index (κ3) is 4.35. The number of carbonyl (C=O) groups is 2. The third-order valence-electron chi connectivity index (χ3n) is 6.24. The molecule has 37 heavy (non-hydrogen) atoms. The Bertz CT molecular complexity index is 1630. The summed E-state index contributed by atoms with van der Waals surface area (Å²) in [7, 11) is 0. The topological polar surface area (TPSA) is 77.5 Å². The second-order valence-corrected chi connectivity index (χ2v) is 8.95. The molecule has 0 unspecified atom stereocenters.